The molecule has 0 aliphatic heterocycles. The third-order valence-corrected chi connectivity index (χ3v) is 2.93. The van der Waals surface area contributed by atoms with E-state index in [-0.39, 0.29) is 18.9 Å². The largest absolute Gasteiger partial charge is 0.511 e. The van der Waals surface area contributed by atoms with Crippen molar-refractivity contribution in [3.8, 4) is 24.7 Å². The zero-order valence-electron chi connectivity index (χ0n) is 14.7. The summed E-state index contributed by atoms with van der Waals surface area (Å²) in [4.78, 5) is 23.4. The molecule has 0 saturated heterocycles. The van der Waals surface area contributed by atoms with Crippen molar-refractivity contribution in [2.24, 2.45) is 5.92 Å². The minimum absolute atomic E-state index is 0.0562. The van der Waals surface area contributed by atoms with E-state index in [4.69, 9.17) is 27.1 Å². The molecule has 0 N–H and O–H groups in total. The van der Waals surface area contributed by atoms with Gasteiger partial charge in [-0.2, -0.15) is 0 Å². The molecule has 0 rings (SSSR count). The molecular formula is C19H26O5. The van der Waals surface area contributed by atoms with Gasteiger partial charge in [-0.05, 0) is 19.8 Å². The Hall–Kier alpha value is -2.40. The van der Waals surface area contributed by atoms with Gasteiger partial charge in [-0.1, -0.05) is 12.2 Å². The van der Waals surface area contributed by atoms with Gasteiger partial charge in [0.2, 0.25) is 0 Å². The standard InChI is InChI=1S/C19H26O5/c1-6-9-10-11-14-17(20)23-19(4,5)24-18(21)22-15-16(12-7-2)13-8-3/h2-3,6,9,16H,10-15H2,1,4-5H3/b9-6-. The molecule has 0 unspecified atom stereocenters. The lowest BCUT2D eigenvalue weighted by Gasteiger charge is -2.24. The molecule has 0 aromatic rings. The fraction of sp³-hybridized carbons (Fsp3) is 0.579. The van der Waals surface area contributed by atoms with Gasteiger partial charge in [-0.15, -0.1) is 24.7 Å². The smallest absolute Gasteiger partial charge is 0.434 e. The number of terminal acetylenes is 2. The molecule has 5 heteroatoms. The van der Waals surface area contributed by atoms with E-state index in [2.05, 4.69) is 11.8 Å². The molecule has 24 heavy (non-hydrogen) atoms. The molecule has 132 valence electrons. The first-order valence-corrected chi connectivity index (χ1v) is 7.90. The summed E-state index contributed by atoms with van der Waals surface area (Å²) >= 11 is 0. The van der Waals surface area contributed by atoms with Crippen molar-refractivity contribution in [3.63, 3.8) is 0 Å². The number of unbranched alkanes of at least 4 members (excludes halogenated alkanes) is 1. The molecule has 0 saturated carbocycles. The molecule has 0 aliphatic carbocycles. The first-order valence-electron chi connectivity index (χ1n) is 7.90. The SMILES string of the molecule is C#CCC(CC#C)COC(=O)OC(C)(C)OC(=O)CCC/C=C\C. The Bertz CT molecular complexity index is 489. The van der Waals surface area contributed by atoms with Gasteiger partial charge in [-0.25, -0.2) is 4.79 Å². The molecule has 0 aromatic heterocycles. The quantitative estimate of drug-likeness (QED) is 0.200. The molecule has 0 radical (unpaired) electrons. The van der Waals surface area contributed by atoms with Crippen molar-refractivity contribution >= 4 is 12.1 Å². The summed E-state index contributed by atoms with van der Waals surface area (Å²) in [6, 6.07) is 0. The van der Waals surface area contributed by atoms with Crippen LogP contribution in [-0.4, -0.2) is 24.5 Å². The van der Waals surface area contributed by atoms with Crippen LogP contribution in [0.25, 0.3) is 0 Å². The van der Waals surface area contributed by atoms with E-state index in [1.165, 1.54) is 13.8 Å². The van der Waals surface area contributed by atoms with Crippen LogP contribution in [0.5, 0.6) is 0 Å². The van der Waals surface area contributed by atoms with Crippen LogP contribution in [0.2, 0.25) is 0 Å². The first-order chi connectivity index (χ1) is 11.3. The number of hydrogen-bond acceptors (Lipinski definition) is 5. The molecule has 0 fully saturated rings. The first kappa shape index (κ1) is 21.6. The summed E-state index contributed by atoms with van der Waals surface area (Å²) in [5, 5.41) is 0. The van der Waals surface area contributed by atoms with Gasteiger partial charge in [0, 0.05) is 39.0 Å². The summed E-state index contributed by atoms with van der Waals surface area (Å²) in [7, 11) is 0. The Morgan fingerprint density at radius 2 is 1.79 bits per heavy atom. The second kappa shape index (κ2) is 12.1. The topological polar surface area (TPSA) is 61.8 Å². The number of rotatable bonds is 10. The van der Waals surface area contributed by atoms with Crippen molar-refractivity contribution in [2.45, 2.75) is 58.7 Å². The number of allylic oxidation sites excluding steroid dienone is 2. The van der Waals surface area contributed by atoms with E-state index in [1.807, 2.05) is 19.1 Å². The second-order valence-electron chi connectivity index (χ2n) is 5.68. The minimum atomic E-state index is -1.40. The average molecular weight is 334 g/mol. The van der Waals surface area contributed by atoms with Crippen LogP contribution in [0.1, 0.15) is 52.9 Å². The van der Waals surface area contributed by atoms with Gasteiger partial charge in [0.25, 0.3) is 5.79 Å². The summed E-state index contributed by atoms with van der Waals surface area (Å²) in [5.41, 5.74) is 0. The number of esters is 1. The summed E-state index contributed by atoms with van der Waals surface area (Å²) in [5.74, 6) is 3.00. The Morgan fingerprint density at radius 3 is 2.33 bits per heavy atom. The van der Waals surface area contributed by atoms with E-state index < -0.39 is 17.9 Å². The molecule has 0 heterocycles. The van der Waals surface area contributed by atoms with Gasteiger partial charge >= 0.3 is 12.1 Å². The normalized spacial score (nSPS) is 10.9. The number of carbonyl (C=O) groups excluding carboxylic acids is 2. The predicted molar refractivity (Wildman–Crippen MR) is 91.7 cm³/mol. The molecule has 0 atom stereocenters. The second-order valence-corrected chi connectivity index (χ2v) is 5.68. The highest BCUT2D eigenvalue weighted by Gasteiger charge is 2.28. The predicted octanol–water partition coefficient (Wildman–Crippen LogP) is 3.83. The summed E-state index contributed by atoms with van der Waals surface area (Å²) < 4.78 is 15.1. The third kappa shape index (κ3) is 11.2. The molecular weight excluding hydrogens is 308 g/mol. The van der Waals surface area contributed by atoms with Crippen molar-refractivity contribution in [2.75, 3.05) is 6.61 Å². The maximum atomic E-state index is 11.7. The number of ether oxygens (including phenoxy) is 3. The highest BCUT2D eigenvalue weighted by atomic mass is 16.8. The Labute approximate surface area is 144 Å². The number of hydrogen-bond donors (Lipinski definition) is 0. The van der Waals surface area contributed by atoms with E-state index in [1.54, 1.807) is 0 Å². The fourth-order valence-electron chi connectivity index (χ4n) is 1.82. The van der Waals surface area contributed by atoms with Gasteiger partial charge in [0.1, 0.15) is 0 Å². The van der Waals surface area contributed by atoms with Crippen LogP contribution in [0.4, 0.5) is 4.79 Å². The van der Waals surface area contributed by atoms with Gasteiger partial charge in [0.05, 0.1) is 6.61 Å². The molecule has 0 aliphatic rings. The monoisotopic (exact) mass is 334 g/mol. The highest BCUT2D eigenvalue weighted by Crippen LogP contribution is 2.16. The maximum absolute atomic E-state index is 11.7. The molecule has 5 nitrogen and oxygen atoms in total. The fourth-order valence-corrected chi connectivity index (χ4v) is 1.82. The Kier molecular flexibility index (Phi) is 10.9. The van der Waals surface area contributed by atoms with Crippen LogP contribution < -0.4 is 0 Å². The van der Waals surface area contributed by atoms with Crippen molar-refractivity contribution in [1.82, 2.24) is 0 Å². The summed E-state index contributed by atoms with van der Waals surface area (Å²) in [6.45, 7) is 4.91. The van der Waals surface area contributed by atoms with E-state index in [0.29, 0.717) is 19.3 Å². The van der Waals surface area contributed by atoms with Crippen molar-refractivity contribution < 1.29 is 23.8 Å². The third-order valence-electron chi connectivity index (χ3n) is 2.93. The molecule has 0 bridgehead atoms. The van der Waals surface area contributed by atoms with Gasteiger partial charge in [0.15, 0.2) is 0 Å². The maximum Gasteiger partial charge on any atom is 0.511 e. The zero-order valence-corrected chi connectivity index (χ0v) is 14.7. The average Bonchev–Trinajstić information content (AvgIpc) is 2.48. The lowest BCUT2D eigenvalue weighted by atomic mass is 10.0. The van der Waals surface area contributed by atoms with Gasteiger partial charge in [-0.3, -0.25) is 4.79 Å². The molecule has 0 aromatic carbocycles. The van der Waals surface area contributed by atoms with Crippen LogP contribution in [0.15, 0.2) is 12.2 Å². The van der Waals surface area contributed by atoms with Crippen LogP contribution in [-0.2, 0) is 19.0 Å². The van der Waals surface area contributed by atoms with Crippen molar-refractivity contribution in [3.05, 3.63) is 12.2 Å². The van der Waals surface area contributed by atoms with Crippen LogP contribution in [0, 0.1) is 30.6 Å². The van der Waals surface area contributed by atoms with E-state index in [0.717, 1.165) is 6.42 Å². The number of carbonyl (C=O) groups is 2. The Morgan fingerprint density at radius 1 is 1.17 bits per heavy atom. The Balaban J connectivity index is 4.23. The van der Waals surface area contributed by atoms with E-state index >= 15 is 0 Å². The summed E-state index contributed by atoms with van der Waals surface area (Å²) in [6.07, 6.45) is 15.9. The molecule has 0 spiro atoms. The highest BCUT2D eigenvalue weighted by molar-refractivity contribution is 5.70. The lowest BCUT2D eigenvalue weighted by Crippen LogP contribution is -2.34. The zero-order chi connectivity index (χ0) is 18.4. The van der Waals surface area contributed by atoms with Crippen LogP contribution >= 0.6 is 0 Å². The van der Waals surface area contributed by atoms with E-state index in [9.17, 15) is 9.59 Å². The van der Waals surface area contributed by atoms with Crippen molar-refractivity contribution in [1.29, 1.82) is 0 Å². The molecule has 0 amide bonds. The van der Waals surface area contributed by atoms with Crippen LogP contribution in [0.3, 0.4) is 0 Å². The van der Waals surface area contributed by atoms with Gasteiger partial charge < -0.3 is 14.2 Å². The minimum Gasteiger partial charge on any atom is -0.434 e. The lowest BCUT2D eigenvalue weighted by molar-refractivity contribution is -0.201.